The van der Waals surface area contributed by atoms with Crippen molar-refractivity contribution in [2.75, 3.05) is 11.4 Å². The number of nitrogens with one attached hydrogen (secondary N) is 1. The second kappa shape index (κ2) is 12.1. The molecular weight excluding hydrogens is 605 g/mol. The van der Waals surface area contributed by atoms with Crippen LogP contribution >= 0.6 is 0 Å². The molecule has 0 saturated carbocycles. The number of allylic oxidation sites excluding steroid dienone is 2. The van der Waals surface area contributed by atoms with E-state index < -0.39 is 0 Å². The molecule has 1 aliphatic heterocycles. The van der Waals surface area contributed by atoms with Crippen LogP contribution in [0.3, 0.4) is 0 Å². The summed E-state index contributed by atoms with van der Waals surface area (Å²) in [4.78, 5) is 2.38. The van der Waals surface area contributed by atoms with Crippen molar-refractivity contribution in [1.82, 2.24) is 5.32 Å². The first-order chi connectivity index (χ1) is 24.6. The van der Waals surface area contributed by atoms with Crippen LogP contribution in [0.15, 0.2) is 182 Å². The van der Waals surface area contributed by atoms with Crippen LogP contribution in [0.1, 0.15) is 30.5 Å². The highest BCUT2D eigenvalue weighted by Crippen LogP contribution is 2.53. The van der Waals surface area contributed by atoms with E-state index in [1.165, 1.54) is 66.5 Å². The summed E-state index contributed by atoms with van der Waals surface area (Å²) in [6.07, 6.45) is 4.60. The second-order valence-electron chi connectivity index (χ2n) is 13.8. The van der Waals surface area contributed by atoms with Crippen LogP contribution in [0.5, 0.6) is 0 Å². The highest BCUT2D eigenvalue weighted by molar-refractivity contribution is 6.04. The molecule has 2 nitrogen and oxygen atoms in total. The average molecular weight is 643 g/mol. The Morgan fingerprint density at radius 1 is 0.500 bits per heavy atom. The monoisotopic (exact) mass is 642 g/mol. The standard InChI is InChI=1S/C48H38N2/c1-48(2)43-20-12-11-19-42(43)46-44(48)31-37-17-9-10-18-41(37)47(46)45-30-29-40(32-49-45)50(38-25-21-35(22-26-38)33-13-5-3-6-14-33)39-27-23-36(24-28-39)34-15-7-4-8-16-34/h3-31,49H,32H2,1-2H3. The lowest BCUT2D eigenvalue weighted by Crippen LogP contribution is -2.28. The van der Waals surface area contributed by atoms with Crippen LogP contribution in [0.2, 0.25) is 0 Å². The SMILES string of the molecule is CC1(C)c2ccccc2-c2c1cc1ccccc1c2C1=CC=C(N(c2ccc(-c3ccccc3)cc2)c2ccc(-c3ccccc3)cc2)CN1. The fraction of sp³-hybridized carbons (Fsp3) is 0.0833. The first-order valence-corrected chi connectivity index (χ1v) is 17.5. The third kappa shape index (κ3) is 5.04. The van der Waals surface area contributed by atoms with Gasteiger partial charge in [-0.3, -0.25) is 0 Å². The van der Waals surface area contributed by atoms with Gasteiger partial charge in [0.25, 0.3) is 0 Å². The summed E-state index contributed by atoms with van der Waals surface area (Å²) >= 11 is 0. The van der Waals surface area contributed by atoms with E-state index in [-0.39, 0.29) is 5.41 Å². The maximum atomic E-state index is 3.91. The Labute approximate surface area is 294 Å². The zero-order valence-corrected chi connectivity index (χ0v) is 28.4. The van der Waals surface area contributed by atoms with Crippen molar-refractivity contribution < 1.29 is 0 Å². The molecule has 1 heterocycles. The number of rotatable bonds is 6. The molecule has 2 aliphatic rings. The molecule has 9 rings (SSSR count). The molecule has 0 spiro atoms. The van der Waals surface area contributed by atoms with Gasteiger partial charge >= 0.3 is 0 Å². The third-order valence-electron chi connectivity index (χ3n) is 10.5. The van der Waals surface area contributed by atoms with Gasteiger partial charge in [0.15, 0.2) is 0 Å². The Hall–Kier alpha value is -6.12. The van der Waals surface area contributed by atoms with Gasteiger partial charge in [-0.25, -0.2) is 0 Å². The van der Waals surface area contributed by atoms with E-state index in [1.807, 2.05) is 0 Å². The molecule has 1 N–H and O–H groups in total. The number of hydrogen-bond acceptors (Lipinski definition) is 2. The number of benzene rings is 7. The lowest BCUT2D eigenvalue weighted by molar-refractivity contribution is 0.661. The summed E-state index contributed by atoms with van der Waals surface area (Å²) in [5, 5.41) is 6.46. The molecule has 0 fully saturated rings. The highest BCUT2D eigenvalue weighted by atomic mass is 15.2. The van der Waals surface area contributed by atoms with Gasteiger partial charge in [-0.15, -0.1) is 0 Å². The quantitative estimate of drug-likeness (QED) is 0.194. The van der Waals surface area contributed by atoms with Crippen molar-refractivity contribution in [3.8, 4) is 33.4 Å². The molecule has 7 aromatic carbocycles. The zero-order valence-electron chi connectivity index (χ0n) is 28.4. The molecule has 0 aromatic heterocycles. The fourth-order valence-electron chi connectivity index (χ4n) is 7.95. The van der Waals surface area contributed by atoms with Crippen LogP contribution < -0.4 is 10.2 Å². The van der Waals surface area contributed by atoms with E-state index >= 15 is 0 Å². The summed E-state index contributed by atoms with van der Waals surface area (Å²) in [7, 11) is 0. The number of hydrogen-bond donors (Lipinski definition) is 1. The molecular formula is C48H38N2. The van der Waals surface area contributed by atoms with Gasteiger partial charge in [-0.05, 0) is 97.8 Å². The van der Waals surface area contributed by atoms with Gasteiger partial charge in [-0.2, -0.15) is 0 Å². The molecule has 0 amide bonds. The van der Waals surface area contributed by atoms with Crippen LogP contribution in [-0.4, -0.2) is 6.54 Å². The van der Waals surface area contributed by atoms with Gasteiger partial charge in [0.2, 0.25) is 0 Å². The molecule has 2 heteroatoms. The van der Waals surface area contributed by atoms with Crippen LogP contribution in [0.4, 0.5) is 11.4 Å². The van der Waals surface area contributed by atoms with Gasteiger partial charge in [-0.1, -0.05) is 147 Å². The predicted molar refractivity (Wildman–Crippen MR) is 211 cm³/mol. The highest BCUT2D eigenvalue weighted by Gasteiger charge is 2.38. The molecule has 50 heavy (non-hydrogen) atoms. The largest absolute Gasteiger partial charge is 0.379 e. The molecule has 0 unspecified atom stereocenters. The number of fused-ring (bicyclic) bond motifs is 4. The van der Waals surface area contributed by atoms with Crippen molar-refractivity contribution in [3.63, 3.8) is 0 Å². The van der Waals surface area contributed by atoms with Crippen LogP contribution in [0.25, 0.3) is 49.9 Å². The number of anilines is 2. The minimum Gasteiger partial charge on any atom is -0.379 e. The predicted octanol–water partition coefficient (Wildman–Crippen LogP) is 12.1. The first kappa shape index (κ1) is 30.0. The van der Waals surface area contributed by atoms with Crippen molar-refractivity contribution in [2.45, 2.75) is 19.3 Å². The summed E-state index contributed by atoms with van der Waals surface area (Å²) in [6, 6.07) is 59.2. The lowest BCUT2D eigenvalue weighted by atomic mass is 9.81. The Kier molecular flexibility index (Phi) is 7.25. The summed E-state index contributed by atoms with van der Waals surface area (Å²) < 4.78 is 0. The van der Waals surface area contributed by atoms with Crippen molar-refractivity contribution >= 4 is 27.8 Å². The molecule has 0 radical (unpaired) electrons. The first-order valence-electron chi connectivity index (χ1n) is 17.5. The number of nitrogens with zero attached hydrogens (tertiary/aromatic N) is 1. The van der Waals surface area contributed by atoms with Crippen LogP contribution in [0, 0.1) is 0 Å². The van der Waals surface area contributed by atoms with E-state index in [4.69, 9.17) is 0 Å². The lowest BCUT2D eigenvalue weighted by Gasteiger charge is -2.31. The maximum absolute atomic E-state index is 3.91. The average Bonchev–Trinajstić information content (AvgIpc) is 3.41. The molecule has 7 aromatic rings. The third-order valence-corrected chi connectivity index (χ3v) is 10.5. The van der Waals surface area contributed by atoms with E-state index in [1.54, 1.807) is 0 Å². The smallest absolute Gasteiger partial charge is 0.0557 e. The van der Waals surface area contributed by atoms with Crippen molar-refractivity contribution in [1.29, 1.82) is 0 Å². The summed E-state index contributed by atoms with van der Waals surface area (Å²) in [6.45, 7) is 5.41. The second-order valence-corrected chi connectivity index (χ2v) is 13.8. The van der Waals surface area contributed by atoms with E-state index in [0.717, 1.165) is 17.1 Å². The van der Waals surface area contributed by atoms with Gasteiger partial charge in [0.05, 0.1) is 6.54 Å². The fourth-order valence-corrected chi connectivity index (χ4v) is 7.95. The Bertz CT molecular complexity index is 2330. The maximum Gasteiger partial charge on any atom is 0.0557 e. The zero-order chi connectivity index (χ0) is 33.7. The van der Waals surface area contributed by atoms with Crippen molar-refractivity contribution in [2.24, 2.45) is 0 Å². The normalized spacial score (nSPS) is 14.3. The van der Waals surface area contributed by atoms with Gasteiger partial charge in [0, 0.05) is 33.7 Å². The Morgan fingerprint density at radius 3 is 1.64 bits per heavy atom. The Morgan fingerprint density at radius 2 is 1.04 bits per heavy atom. The molecule has 240 valence electrons. The number of dihydropyridines is 1. The summed E-state index contributed by atoms with van der Waals surface area (Å²) in [5.41, 5.74) is 16.1. The topological polar surface area (TPSA) is 15.3 Å². The van der Waals surface area contributed by atoms with Crippen molar-refractivity contribution in [3.05, 3.63) is 198 Å². The molecule has 1 aliphatic carbocycles. The van der Waals surface area contributed by atoms with Gasteiger partial charge < -0.3 is 10.2 Å². The Balaban J connectivity index is 1.16. The molecule has 0 atom stereocenters. The molecule has 0 bridgehead atoms. The minimum atomic E-state index is -0.0739. The van der Waals surface area contributed by atoms with E-state index in [0.29, 0.717) is 6.54 Å². The molecule has 0 saturated heterocycles. The minimum absolute atomic E-state index is 0.0739. The van der Waals surface area contributed by atoms with Gasteiger partial charge in [0.1, 0.15) is 0 Å². The summed E-state index contributed by atoms with van der Waals surface area (Å²) in [5.74, 6) is 0. The van der Waals surface area contributed by atoms with Crippen LogP contribution in [-0.2, 0) is 5.41 Å². The van der Waals surface area contributed by atoms with E-state index in [9.17, 15) is 0 Å². The van der Waals surface area contributed by atoms with E-state index in [2.05, 4.69) is 200 Å².